The third kappa shape index (κ3) is 24.5. The Kier molecular flexibility index (Phi) is 24.4. The first kappa shape index (κ1) is 32.6. The van der Waals surface area contributed by atoms with E-state index in [1.165, 1.54) is 0 Å². The number of aliphatic hydroxyl groups is 1. The Morgan fingerprint density at radius 2 is 1.23 bits per heavy atom. The molecule has 0 aromatic carbocycles. The van der Waals surface area contributed by atoms with E-state index in [2.05, 4.69) is 67.7 Å². The van der Waals surface area contributed by atoms with Crippen LogP contribution in [0.4, 0.5) is 0 Å². The molecule has 35 heavy (non-hydrogen) atoms. The highest BCUT2D eigenvalue weighted by Crippen LogP contribution is 2.07. The largest absolute Gasteiger partial charge is 0.462 e. The first-order valence-electron chi connectivity index (χ1n) is 13.3. The minimum absolute atomic E-state index is 0.0884. The van der Waals surface area contributed by atoms with Gasteiger partial charge in [0.15, 0.2) is 6.10 Å². The highest BCUT2D eigenvalue weighted by molar-refractivity contribution is 5.70. The molecule has 1 N–H and O–H groups in total. The SMILES string of the molecule is CC/C=C\C/C=C\C/C=C\C/C=C\C/C=C\CCCCCC(=O)OC(CO)COC(=O)CCCC. The Hall–Kier alpha value is -2.40. The number of carbonyl (C=O) groups excluding carboxylic acids is 2. The average molecular weight is 489 g/mol. The van der Waals surface area contributed by atoms with Gasteiger partial charge in [-0.15, -0.1) is 0 Å². The summed E-state index contributed by atoms with van der Waals surface area (Å²) in [5.74, 6) is -0.681. The average Bonchev–Trinajstić information content (AvgIpc) is 2.86. The lowest BCUT2D eigenvalue weighted by molar-refractivity contribution is -0.161. The van der Waals surface area contributed by atoms with Gasteiger partial charge < -0.3 is 14.6 Å². The third-order valence-corrected chi connectivity index (χ3v) is 5.08. The van der Waals surface area contributed by atoms with Crippen molar-refractivity contribution >= 4 is 11.9 Å². The number of unbranched alkanes of at least 4 members (excludes halogenated alkanes) is 4. The zero-order valence-electron chi connectivity index (χ0n) is 22.0. The maximum Gasteiger partial charge on any atom is 0.306 e. The van der Waals surface area contributed by atoms with Crippen molar-refractivity contribution in [2.24, 2.45) is 0 Å². The molecule has 0 amide bonds. The van der Waals surface area contributed by atoms with E-state index >= 15 is 0 Å². The normalized spacial score (nSPS) is 13.1. The maximum atomic E-state index is 11.9. The van der Waals surface area contributed by atoms with Crippen LogP contribution in [0, 0.1) is 0 Å². The van der Waals surface area contributed by atoms with Crippen molar-refractivity contribution < 1.29 is 24.2 Å². The van der Waals surface area contributed by atoms with Gasteiger partial charge in [-0.3, -0.25) is 9.59 Å². The van der Waals surface area contributed by atoms with Gasteiger partial charge in [0.25, 0.3) is 0 Å². The van der Waals surface area contributed by atoms with Gasteiger partial charge in [0.2, 0.25) is 0 Å². The van der Waals surface area contributed by atoms with E-state index in [1.54, 1.807) is 0 Å². The second kappa shape index (κ2) is 26.2. The summed E-state index contributed by atoms with van der Waals surface area (Å²) in [6.45, 7) is 3.70. The van der Waals surface area contributed by atoms with Crippen molar-refractivity contribution in [2.45, 2.75) is 103 Å². The fourth-order valence-corrected chi connectivity index (χ4v) is 3.02. The predicted octanol–water partition coefficient (Wildman–Crippen LogP) is 7.33. The van der Waals surface area contributed by atoms with Crippen LogP contribution in [0.1, 0.15) is 97.3 Å². The third-order valence-electron chi connectivity index (χ3n) is 5.08. The molecule has 0 radical (unpaired) electrons. The fourth-order valence-electron chi connectivity index (χ4n) is 3.02. The molecule has 5 nitrogen and oxygen atoms in total. The molecule has 0 saturated heterocycles. The second-order valence-corrected chi connectivity index (χ2v) is 8.39. The van der Waals surface area contributed by atoms with E-state index in [4.69, 9.17) is 9.47 Å². The van der Waals surface area contributed by atoms with Crippen LogP contribution in [0.25, 0.3) is 0 Å². The molecule has 0 saturated carbocycles. The summed E-state index contributed by atoms with van der Waals surface area (Å²) < 4.78 is 10.2. The lowest BCUT2D eigenvalue weighted by atomic mass is 10.1. The zero-order chi connectivity index (χ0) is 25.8. The summed E-state index contributed by atoms with van der Waals surface area (Å²) in [6.07, 6.45) is 32.2. The minimum Gasteiger partial charge on any atom is -0.462 e. The summed E-state index contributed by atoms with van der Waals surface area (Å²) in [4.78, 5) is 23.4. The molecule has 0 aromatic rings. The minimum atomic E-state index is -0.783. The Morgan fingerprint density at radius 1 is 0.686 bits per heavy atom. The van der Waals surface area contributed by atoms with Gasteiger partial charge in [0.1, 0.15) is 6.61 Å². The molecule has 0 bridgehead atoms. The topological polar surface area (TPSA) is 72.8 Å². The standard InChI is InChI=1S/C30H48O5/c1-3-5-7-8-9-10-11-12-13-14-15-16-17-18-19-20-21-22-23-25-30(33)35-28(26-31)27-34-29(32)24-6-4-2/h5,7,9-10,12-13,15-16,18-19,28,31H,3-4,6,8,11,14,17,20-27H2,1-2H3/b7-5-,10-9-,13-12-,16-15-,19-18-. The molecule has 198 valence electrons. The first-order valence-corrected chi connectivity index (χ1v) is 13.3. The highest BCUT2D eigenvalue weighted by atomic mass is 16.6. The van der Waals surface area contributed by atoms with E-state index in [0.717, 1.165) is 70.6 Å². The number of esters is 2. The lowest BCUT2D eigenvalue weighted by Gasteiger charge is -2.15. The van der Waals surface area contributed by atoms with Gasteiger partial charge in [-0.25, -0.2) is 0 Å². The number of aliphatic hydroxyl groups excluding tert-OH is 1. The smallest absolute Gasteiger partial charge is 0.306 e. The van der Waals surface area contributed by atoms with Crippen LogP contribution in [0.15, 0.2) is 60.8 Å². The van der Waals surface area contributed by atoms with Crippen molar-refractivity contribution in [3.05, 3.63) is 60.8 Å². The molecular formula is C30H48O5. The molecule has 0 rings (SSSR count). The van der Waals surface area contributed by atoms with Gasteiger partial charge in [0.05, 0.1) is 6.61 Å². The summed E-state index contributed by atoms with van der Waals surface area (Å²) >= 11 is 0. The molecule has 1 unspecified atom stereocenters. The molecule has 0 fully saturated rings. The van der Waals surface area contributed by atoms with Gasteiger partial charge in [0, 0.05) is 12.8 Å². The molecule has 5 heteroatoms. The Bertz CT molecular complexity index is 658. The fraction of sp³-hybridized carbons (Fsp3) is 0.600. The van der Waals surface area contributed by atoms with E-state index in [1.807, 2.05) is 6.92 Å². The monoisotopic (exact) mass is 488 g/mol. The quantitative estimate of drug-likeness (QED) is 0.0981. The van der Waals surface area contributed by atoms with E-state index in [-0.39, 0.29) is 25.2 Å². The molecule has 0 aromatic heterocycles. The molecule has 0 aliphatic rings. The number of ether oxygens (including phenoxy) is 2. The second-order valence-electron chi connectivity index (χ2n) is 8.39. The van der Waals surface area contributed by atoms with Crippen LogP contribution in [-0.2, 0) is 19.1 Å². The van der Waals surface area contributed by atoms with Crippen molar-refractivity contribution in [3.63, 3.8) is 0 Å². The first-order chi connectivity index (χ1) is 17.1. The molecule has 1 atom stereocenters. The number of carbonyl (C=O) groups is 2. The van der Waals surface area contributed by atoms with Gasteiger partial charge in [-0.05, 0) is 57.8 Å². The summed E-state index contributed by atoms with van der Waals surface area (Å²) in [6, 6.07) is 0. The Balaban J connectivity index is 3.68. The van der Waals surface area contributed by atoms with E-state index < -0.39 is 6.10 Å². The highest BCUT2D eigenvalue weighted by Gasteiger charge is 2.15. The van der Waals surface area contributed by atoms with Crippen molar-refractivity contribution in [2.75, 3.05) is 13.2 Å². The molecule has 0 aliphatic carbocycles. The number of rotatable bonds is 22. The van der Waals surface area contributed by atoms with E-state index in [0.29, 0.717) is 12.8 Å². The summed E-state index contributed by atoms with van der Waals surface area (Å²) in [7, 11) is 0. The number of hydrogen-bond acceptors (Lipinski definition) is 5. The zero-order valence-corrected chi connectivity index (χ0v) is 22.0. The van der Waals surface area contributed by atoms with Crippen LogP contribution in [0.3, 0.4) is 0 Å². The van der Waals surface area contributed by atoms with E-state index in [9.17, 15) is 14.7 Å². The van der Waals surface area contributed by atoms with Crippen LogP contribution in [-0.4, -0.2) is 36.4 Å². The summed E-state index contributed by atoms with van der Waals surface area (Å²) in [5, 5.41) is 9.31. The van der Waals surface area contributed by atoms with Crippen molar-refractivity contribution in [3.8, 4) is 0 Å². The van der Waals surface area contributed by atoms with Crippen molar-refractivity contribution in [1.29, 1.82) is 0 Å². The summed E-state index contributed by atoms with van der Waals surface area (Å²) in [5.41, 5.74) is 0. The lowest BCUT2D eigenvalue weighted by Crippen LogP contribution is -2.28. The Morgan fingerprint density at radius 3 is 1.77 bits per heavy atom. The number of allylic oxidation sites excluding steroid dienone is 10. The van der Waals surface area contributed by atoms with Crippen molar-refractivity contribution in [1.82, 2.24) is 0 Å². The Labute approximate surface area is 213 Å². The van der Waals surface area contributed by atoms with Crippen LogP contribution in [0.5, 0.6) is 0 Å². The number of hydrogen-bond donors (Lipinski definition) is 1. The predicted molar refractivity (Wildman–Crippen MR) is 145 cm³/mol. The van der Waals surface area contributed by atoms with Gasteiger partial charge >= 0.3 is 11.9 Å². The van der Waals surface area contributed by atoms with Gasteiger partial charge in [-0.2, -0.15) is 0 Å². The van der Waals surface area contributed by atoms with Crippen LogP contribution < -0.4 is 0 Å². The molecule has 0 aliphatic heterocycles. The maximum absolute atomic E-state index is 11.9. The van der Waals surface area contributed by atoms with Gasteiger partial charge in [-0.1, -0.05) is 87.4 Å². The van der Waals surface area contributed by atoms with Crippen LogP contribution >= 0.6 is 0 Å². The molecular weight excluding hydrogens is 440 g/mol. The van der Waals surface area contributed by atoms with Crippen LogP contribution in [0.2, 0.25) is 0 Å². The molecule has 0 heterocycles. The molecule has 0 spiro atoms.